The Morgan fingerprint density at radius 3 is 2.52 bits per heavy atom. The first kappa shape index (κ1) is 17.7. The Bertz CT molecular complexity index is 967. The van der Waals surface area contributed by atoms with Crippen molar-refractivity contribution in [1.29, 1.82) is 0 Å². The van der Waals surface area contributed by atoms with E-state index in [-0.39, 0.29) is 40.9 Å². The number of ketones is 1. The molecule has 0 unspecified atom stereocenters. The van der Waals surface area contributed by atoms with Crippen LogP contribution in [-0.4, -0.2) is 17.6 Å². The SMILES string of the molecule is C[C@@H]1C=CC[C@@H]2C(=O)N(c3ccc(Cl)cc3C(=O)c3ccccc3)C(=O)[C@H]12. The Morgan fingerprint density at radius 1 is 1.07 bits per heavy atom. The lowest BCUT2D eigenvalue weighted by Gasteiger charge is -2.22. The predicted molar refractivity (Wildman–Crippen MR) is 104 cm³/mol. The molecular formula is C22H18ClNO3. The summed E-state index contributed by atoms with van der Waals surface area (Å²) in [6.07, 6.45) is 4.48. The molecule has 1 aliphatic carbocycles. The van der Waals surface area contributed by atoms with Crippen molar-refractivity contribution in [2.75, 3.05) is 4.90 Å². The van der Waals surface area contributed by atoms with Crippen molar-refractivity contribution in [2.45, 2.75) is 13.3 Å². The minimum atomic E-state index is -0.377. The van der Waals surface area contributed by atoms with E-state index in [1.54, 1.807) is 36.4 Å². The molecular weight excluding hydrogens is 362 g/mol. The zero-order valence-electron chi connectivity index (χ0n) is 14.8. The van der Waals surface area contributed by atoms with E-state index in [1.807, 2.05) is 25.1 Å². The van der Waals surface area contributed by atoms with Gasteiger partial charge in [-0.1, -0.05) is 61.0 Å². The molecule has 0 radical (unpaired) electrons. The molecule has 0 saturated carbocycles. The van der Waals surface area contributed by atoms with Crippen LogP contribution in [-0.2, 0) is 9.59 Å². The lowest BCUT2D eigenvalue weighted by Crippen LogP contribution is -2.33. The first-order valence-corrected chi connectivity index (χ1v) is 9.30. The summed E-state index contributed by atoms with van der Waals surface area (Å²) in [6.45, 7) is 1.94. The highest BCUT2D eigenvalue weighted by atomic mass is 35.5. The monoisotopic (exact) mass is 379 g/mol. The molecule has 2 aromatic carbocycles. The Labute approximate surface area is 162 Å². The number of benzene rings is 2. The third kappa shape index (κ3) is 2.90. The number of imide groups is 1. The van der Waals surface area contributed by atoms with E-state index in [0.717, 1.165) is 0 Å². The molecule has 5 heteroatoms. The second kappa shape index (κ2) is 6.78. The van der Waals surface area contributed by atoms with Gasteiger partial charge in [-0.05, 0) is 30.5 Å². The Balaban J connectivity index is 1.80. The third-order valence-corrected chi connectivity index (χ3v) is 5.59. The maximum Gasteiger partial charge on any atom is 0.238 e. The van der Waals surface area contributed by atoms with Gasteiger partial charge in [0, 0.05) is 16.1 Å². The van der Waals surface area contributed by atoms with Gasteiger partial charge in [-0.25, -0.2) is 4.90 Å². The summed E-state index contributed by atoms with van der Waals surface area (Å²) in [7, 11) is 0. The van der Waals surface area contributed by atoms with Crippen LogP contribution in [0, 0.1) is 17.8 Å². The van der Waals surface area contributed by atoms with Gasteiger partial charge in [0.15, 0.2) is 5.78 Å². The molecule has 2 aromatic rings. The summed E-state index contributed by atoms with van der Waals surface area (Å²) in [4.78, 5) is 40.3. The molecule has 0 aromatic heterocycles. The normalized spacial score (nSPS) is 24.2. The van der Waals surface area contributed by atoms with E-state index in [9.17, 15) is 14.4 Å². The molecule has 136 valence electrons. The van der Waals surface area contributed by atoms with Gasteiger partial charge in [-0.3, -0.25) is 14.4 Å². The van der Waals surface area contributed by atoms with Crippen LogP contribution in [0.1, 0.15) is 29.3 Å². The lowest BCUT2D eigenvalue weighted by molar-refractivity contribution is -0.122. The molecule has 0 bridgehead atoms. The van der Waals surface area contributed by atoms with E-state index >= 15 is 0 Å². The fraction of sp³-hybridized carbons (Fsp3) is 0.227. The van der Waals surface area contributed by atoms with Crippen molar-refractivity contribution < 1.29 is 14.4 Å². The van der Waals surface area contributed by atoms with Crippen molar-refractivity contribution in [3.05, 3.63) is 76.8 Å². The van der Waals surface area contributed by atoms with E-state index in [2.05, 4.69) is 0 Å². The van der Waals surface area contributed by atoms with Gasteiger partial charge < -0.3 is 0 Å². The van der Waals surface area contributed by atoms with Crippen molar-refractivity contribution in [3.8, 4) is 0 Å². The number of carbonyl (C=O) groups is 3. The first-order chi connectivity index (χ1) is 13.0. The number of fused-ring (bicyclic) bond motifs is 1. The summed E-state index contributed by atoms with van der Waals surface area (Å²) in [5.74, 6) is -1.51. The second-order valence-electron chi connectivity index (χ2n) is 7.02. The quantitative estimate of drug-likeness (QED) is 0.454. The lowest BCUT2D eigenvalue weighted by atomic mass is 9.78. The second-order valence-corrected chi connectivity index (χ2v) is 7.46. The van der Waals surface area contributed by atoms with Crippen molar-refractivity contribution >= 4 is 34.9 Å². The van der Waals surface area contributed by atoms with Crippen LogP contribution in [0.3, 0.4) is 0 Å². The van der Waals surface area contributed by atoms with Gasteiger partial charge in [0.2, 0.25) is 11.8 Å². The molecule has 2 amide bonds. The number of nitrogens with zero attached hydrogens (tertiary/aromatic N) is 1. The van der Waals surface area contributed by atoms with Crippen LogP contribution >= 0.6 is 11.6 Å². The van der Waals surface area contributed by atoms with Crippen LogP contribution in [0.25, 0.3) is 0 Å². The molecule has 2 aliphatic rings. The summed E-state index contributed by atoms with van der Waals surface area (Å²) in [6, 6.07) is 13.5. The average molecular weight is 380 g/mol. The zero-order chi connectivity index (χ0) is 19.1. The third-order valence-electron chi connectivity index (χ3n) is 5.35. The van der Waals surface area contributed by atoms with Gasteiger partial charge in [-0.15, -0.1) is 0 Å². The summed E-state index contributed by atoms with van der Waals surface area (Å²) >= 11 is 6.12. The van der Waals surface area contributed by atoms with Crippen molar-refractivity contribution in [2.24, 2.45) is 17.8 Å². The standard InChI is InChI=1S/C22H18ClNO3/c1-13-6-5-9-16-19(13)22(27)24(21(16)26)18-11-10-15(23)12-17(18)20(25)14-7-3-2-4-8-14/h2-8,10-13,16,19H,9H2,1H3/t13-,16+,19-/m1/s1. The number of hydrogen-bond donors (Lipinski definition) is 0. The maximum absolute atomic E-state index is 13.1. The van der Waals surface area contributed by atoms with E-state index in [4.69, 9.17) is 11.6 Å². The van der Waals surface area contributed by atoms with Crippen LogP contribution in [0.15, 0.2) is 60.7 Å². The number of anilines is 1. The van der Waals surface area contributed by atoms with Crippen LogP contribution in [0.2, 0.25) is 5.02 Å². The van der Waals surface area contributed by atoms with Crippen LogP contribution in [0.4, 0.5) is 5.69 Å². The minimum Gasteiger partial charge on any atom is -0.289 e. The smallest absolute Gasteiger partial charge is 0.238 e. The number of allylic oxidation sites excluding steroid dienone is 2. The average Bonchev–Trinajstić information content (AvgIpc) is 2.94. The van der Waals surface area contributed by atoms with Gasteiger partial charge in [-0.2, -0.15) is 0 Å². The number of halogens is 1. The molecule has 3 atom stereocenters. The molecule has 4 nitrogen and oxygen atoms in total. The molecule has 0 spiro atoms. The molecule has 4 rings (SSSR count). The van der Waals surface area contributed by atoms with Crippen LogP contribution < -0.4 is 4.90 Å². The number of hydrogen-bond acceptors (Lipinski definition) is 3. The van der Waals surface area contributed by atoms with Crippen molar-refractivity contribution in [3.63, 3.8) is 0 Å². The molecule has 1 aliphatic heterocycles. The van der Waals surface area contributed by atoms with Crippen LogP contribution in [0.5, 0.6) is 0 Å². The molecule has 1 heterocycles. The fourth-order valence-electron chi connectivity index (χ4n) is 4.02. The van der Waals surface area contributed by atoms with Gasteiger partial charge >= 0.3 is 0 Å². The van der Waals surface area contributed by atoms with E-state index < -0.39 is 0 Å². The fourth-order valence-corrected chi connectivity index (χ4v) is 4.19. The largest absolute Gasteiger partial charge is 0.289 e. The van der Waals surface area contributed by atoms with Gasteiger partial charge in [0.1, 0.15) is 0 Å². The number of rotatable bonds is 3. The molecule has 1 saturated heterocycles. The zero-order valence-corrected chi connectivity index (χ0v) is 15.5. The Hall–Kier alpha value is -2.72. The van der Waals surface area contributed by atoms with Gasteiger partial charge in [0.05, 0.1) is 17.5 Å². The summed E-state index contributed by atoms with van der Waals surface area (Å²) in [5, 5.41) is 0.379. The predicted octanol–water partition coefficient (Wildman–Crippen LogP) is 4.27. The minimum absolute atomic E-state index is 0.00854. The summed E-state index contributed by atoms with van der Waals surface area (Å²) in [5.41, 5.74) is 1.05. The summed E-state index contributed by atoms with van der Waals surface area (Å²) < 4.78 is 0. The highest BCUT2D eigenvalue weighted by Gasteiger charge is 2.51. The molecule has 27 heavy (non-hydrogen) atoms. The Kier molecular flexibility index (Phi) is 4.44. The number of carbonyl (C=O) groups excluding carboxylic acids is 3. The van der Waals surface area contributed by atoms with E-state index in [1.165, 1.54) is 11.0 Å². The maximum atomic E-state index is 13.1. The highest BCUT2D eigenvalue weighted by Crippen LogP contribution is 2.41. The highest BCUT2D eigenvalue weighted by molar-refractivity contribution is 6.32. The molecule has 0 N–H and O–H groups in total. The topological polar surface area (TPSA) is 54.5 Å². The van der Waals surface area contributed by atoms with Crippen molar-refractivity contribution in [1.82, 2.24) is 0 Å². The Morgan fingerprint density at radius 2 is 1.81 bits per heavy atom. The first-order valence-electron chi connectivity index (χ1n) is 8.93. The van der Waals surface area contributed by atoms with Gasteiger partial charge in [0.25, 0.3) is 0 Å². The van der Waals surface area contributed by atoms with E-state index in [0.29, 0.717) is 22.7 Å². The number of amides is 2. The molecule has 1 fully saturated rings.